The van der Waals surface area contributed by atoms with Crippen molar-refractivity contribution in [2.75, 3.05) is 26.2 Å². The molecule has 168 valence electrons. The molecule has 0 N–H and O–H groups in total. The molecule has 1 aliphatic rings. The molecule has 1 fully saturated rings. The Morgan fingerprint density at radius 1 is 1.03 bits per heavy atom. The molecule has 3 heterocycles. The van der Waals surface area contributed by atoms with Crippen LogP contribution >= 0.6 is 11.3 Å². The number of aryl methyl sites for hydroxylation is 1. The van der Waals surface area contributed by atoms with E-state index in [1.54, 1.807) is 12.1 Å². The summed E-state index contributed by atoms with van der Waals surface area (Å²) >= 11 is 1.45. The minimum Gasteiger partial charge on any atom is -0.335 e. The maximum absolute atomic E-state index is 13.2. The summed E-state index contributed by atoms with van der Waals surface area (Å²) in [5.74, 6) is -0.192. The highest BCUT2D eigenvalue weighted by atomic mass is 32.1. The molecule has 4 aromatic rings. The number of pyridine rings is 1. The summed E-state index contributed by atoms with van der Waals surface area (Å²) in [5.41, 5.74) is 4.02. The molecule has 7 heteroatoms. The molecular weight excluding hydrogens is 435 g/mol. The summed E-state index contributed by atoms with van der Waals surface area (Å²) < 4.78 is 13.2. The Morgan fingerprint density at radius 2 is 1.79 bits per heavy atom. The number of nitrogens with zero attached hydrogens (tertiary/aromatic N) is 4. The lowest BCUT2D eigenvalue weighted by Crippen LogP contribution is -2.48. The van der Waals surface area contributed by atoms with Gasteiger partial charge in [0.15, 0.2) is 0 Å². The van der Waals surface area contributed by atoms with Crippen molar-refractivity contribution in [2.24, 2.45) is 0 Å². The van der Waals surface area contributed by atoms with Crippen LogP contribution in [0, 0.1) is 12.7 Å². The Labute approximate surface area is 196 Å². The van der Waals surface area contributed by atoms with E-state index in [4.69, 9.17) is 0 Å². The van der Waals surface area contributed by atoms with E-state index in [1.807, 2.05) is 24.1 Å². The van der Waals surface area contributed by atoms with Crippen molar-refractivity contribution in [2.45, 2.75) is 19.9 Å². The van der Waals surface area contributed by atoms with Gasteiger partial charge < -0.3 is 4.90 Å². The fourth-order valence-corrected chi connectivity index (χ4v) is 5.36. The second kappa shape index (κ2) is 9.37. The lowest BCUT2D eigenvalue weighted by Gasteiger charge is -2.34. The molecule has 0 radical (unpaired) electrons. The molecule has 0 bridgehead atoms. The number of hydrogen-bond acceptors (Lipinski definition) is 5. The van der Waals surface area contributed by atoms with E-state index >= 15 is 0 Å². The number of aromatic nitrogens is 2. The first-order chi connectivity index (χ1) is 16.1. The van der Waals surface area contributed by atoms with Crippen molar-refractivity contribution >= 4 is 28.1 Å². The fourth-order valence-electron chi connectivity index (χ4n) is 4.29. The topological polar surface area (TPSA) is 49.3 Å². The normalized spacial score (nSPS) is 14.7. The van der Waals surface area contributed by atoms with Crippen molar-refractivity contribution in [3.63, 3.8) is 0 Å². The number of thiazole rings is 1. The Balaban J connectivity index is 1.22. The van der Waals surface area contributed by atoms with E-state index in [2.05, 4.69) is 39.1 Å². The van der Waals surface area contributed by atoms with Crippen LogP contribution in [-0.4, -0.2) is 51.9 Å². The zero-order valence-electron chi connectivity index (χ0n) is 18.5. The van der Waals surface area contributed by atoms with Crippen LogP contribution in [-0.2, 0) is 13.0 Å². The zero-order chi connectivity index (χ0) is 22.8. The first-order valence-electron chi connectivity index (χ1n) is 11.1. The molecule has 5 rings (SSSR count). The van der Waals surface area contributed by atoms with Crippen molar-refractivity contribution in [3.05, 3.63) is 93.3 Å². The number of hydrogen-bond donors (Lipinski definition) is 0. The van der Waals surface area contributed by atoms with Crippen LogP contribution in [0.3, 0.4) is 0 Å². The maximum Gasteiger partial charge on any atom is 0.265 e. The summed E-state index contributed by atoms with van der Waals surface area (Å²) in [6, 6.07) is 16.8. The van der Waals surface area contributed by atoms with E-state index < -0.39 is 0 Å². The highest BCUT2D eigenvalue weighted by Crippen LogP contribution is 2.24. The van der Waals surface area contributed by atoms with Crippen molar-refractivity contribution < 1.29 is 9.18 Å². The highest BCUT2D eigenvalue weighted by Gasteiger charge is 2.25. The molecule has 1 saturated heterocycles. The van der Waals surface area contributed by atoms with Gasteiger partial charge in [0.2, 0.25) is 0 Å². The monoisotopic (exact) mass is 460 g/mol. The molecule has 5 nitrogen and oxygen atoms in total. The predicted molar refractivity (Wildman–Crippen MR) is 129 cm³/mol. The summed E-state index contributed by atoms with van der Waals surface area (Å²) in [6.07, 6.45) is 2.44. The average Bonchev–Trinajstić information content (AvgIpc) is 3.20. The van der Waals surface area contributed by atoms with Crippen LogP contribution in [0.1, 0.15) is 31.5 Å². The average molecular weight is 461 g/mol. The molecule has 1 aliphatic heterocycles. The number of rotatable bonds is 5. The minimum absolute atomic E-state index is 0.0573. The SMILES string of the molecule is Cc1nc(Cc2ccc(F)cc2)sc1C(=O)N1CCN(Cc2cccc3cccnc23)CC1. The van der Waals surface area contributed by atoms with Gasteiger partial charge in [0, 0.05) is 50.7 Å². The third-order valence-corrected chi connectivity index (χ3v) is 7.22. The maximum atomic E-state index is 13.2. The predicted octanol–water partition coefficient (Wildman–Crippen LogP) is 4.69. The van der Waals surface area contributed by atoms with Crippen LogP contribution in [0.15, 0.2) is 60.8 Å². The number of benzene rings is 2. The smallest absolute Gasteiger partial charge is 0.265 e. The lowest BCUT2D eigenvalue weighted by atomic mass is 10.1. The molecule has 0 unspecified atom stereocenters. The van der Waals surface area contributed by atoms with Gasteiger partial charge in [-0.2, -0.15) is 0 Å². The Kier molecular flexibility index (Phi) is 6.15. The van der Waals surface area contributed by atoms with Gasteiger partial charge in [-0.25, -0.2) is 9.37 Å². The molecule has 0 saturated carbocycles. The first-order valence-corrected chi connectivity index (χ1v) is 11.9. The quantitative estimate of drug-likeness (QED) is 0.434. The van der Waals surface area contributed by atoms with E-state index in [-0.39, 0.29) is 11.7 Å². The van der Waals surface area contributed by atoms with Crippen LogP contribution in [0.2, 0.25) is 0 Å². The van der Waals surface area contributed by atoms with E-state index in [0.29, 0.717) is 24.4 Å². The number of carbonyl (C=O) groups is 1. The van der Waals surface area contributed by atoms with Gasteiger partial charge in [0.05, 0.1) is 16.2 Å². The molecule has 0 aliphatic carbocycles. The Morgan fingerprint density at radius 3 is 2.58 bits per heavy atom. The highest BCUT2D eigenvalue weighted by molar-refractivity contribution is 7.13. The molecule has 1 amide bonds. The number of fused-ring (bicyclic) bond motifs is 1. The lowest BCUT2D eigenvalue weighted by molar-refractivity contribution is 0.0632. The van der Waals surface area contributed by atoms with Crippen LogP contribution < -0.4 is 0 Å². The van der Waals surface area contributed by atoms with Gasteiger partial charge in [0.1, 0.15) is 10.7 Å². The third kappa shape index (κ3) is 4.79. The van der Waals surface area contributed by atoms with E-state index in [1.165, 1.54) is 29.0 Å². The van der Waals surface area contributed by atoms with Gasteiger partial charge in [-0.05, 0) is 36.2 Å². The van der Waals surface area contributed by atoms with E-state index in [9.17, 15) is 9.18 Å². The Bertz CT molecular complexity index is 1270. The largest absolute Gasteiger partial charge is 0.335 e. The number of para-hydroxylation sites is 1. The summed E-state index contributed by atoms with van der Waals surface area (Å²) in [7, 11) is 0. The Hall–Kier alpha value is -3.16. The van der Waals surface area contributed by atoms with Crippen molar-refractivity contribution in [3.8, 4) is 0 Å². The molecule has 0 atom stereocenters. The second-order valence-corrected chi connectivity index (χ2v) is 9.47. The minimum atomic E-state index is -0.249. The number of piperazine rings is 1. The van der Waals surface area contributed by atoms with Crippen LogP contribution in [0.4, 0.5) is 4.39 Å². The van der Waals surface area contributed by atoms with Gasteiger partial charge in [-0.1, -0.05) is 36.4 Å². The summed E-state index contributed by atoms with van der Waals surface area (Å²) in [5, 5.41) is 2.03. The molecular formula is C26H25FN4OS. The van der Waals surface area contributed by atoms with Gasteiger partial charge in [0.25, 0.3) is 5.91 Å². The molecule has 2 aromatic carbocycles. The van der Waals surface area contributed by atoms with Crippen LogP contribution in [0.5, 0.6) is 0 Å². The molecule has 2 aromatic heterocycles. The van der Waals surface area contributed by atoms with Crippen molar-refractivity contribution in [1.29, 1.82) is 0 Å². The fraction of sp³-hybridized carbons (Fsp3) is 0.269. The third-order valence-electron chi connectivity index (χ3n) is 6.07. The van der Waals surface area contributed by atoms with Crippen molar-refractivity contribution in [1.82, 2.24) is 19.8 Å². The summed E-state index contributed by atoms with van der Waals surface area (Å²) in [6.45, 7) is 5.77. The molecule has 33 heavy (non-hydrogen) atoms. The molecule has 0 spiro atoms. The van der Waals surface area contributed by atoms with Crippen LogP contribution in [0.25, 0.3) is 10.9 Å². The zero-order valence-corrected chi connectivity index (χ0v) is 19.3. The number of halogens is 1. The van der Waals surface area contributed by atoms with Gasteiger partial charge >= 0.3 is 0 Å². The first kappa shape index (κ1) is 21.7. The van der Waals surface area contributed by atoms with Gasteiger partial charge in [-0.15, -0.1) is 11.3 Å². The second-order valence-electron chi connectivity index (χ2n) is 8.39. The number of amides is 1. The van der Waals surface area contributed by atoms with E-state index in [0.717, 1.165) is 46.8 Å². The standard InChI is InChI=1S/C26H25FN4OS/c1-18-25(33-23(29-18)16-19-7-9-22(27)10-8-19)26(32)31-14-12-30(13-15-31)17-21-5-2-4-20-6-3-11-28-24(20)21/h2-11H,12-17H2,1H3. The van der Waals surface area contributed by atoms with Gasteiger partial charge in [-0.3, -0.25) is 14.7 Å². The number of carbonyl (C=O) groups excluding carboxylic acids is 1. The summed E-state index contributed by atoms with van der Waals surface area (Å²) in [4.78, 5) is 27.4.